The maximum absolute atomic E-state index is 14.0. The van der Waals surface area contributed by atoms with E-state index in [1.54, 1.807) is 0 Å². The number of benzene rings is 1. The van der Waals surface area contributed by atoms with E-state index >= 15 is 0 Å². The van der Waals surface area contributed by atoms with Gasteiger partial charge in [0.2, 0.25) is 0 Å². The van der Waals surface area contributed by atoms with E-state index in [0.717, 1.165) is 43.8 Å². The van der Waals surface area contributed by atoms with Crippen LogP contribution in [0.25, 0.3) is 11.3 Å². The van der Waals surface area contributed by atoms with Crippen LogP contribution in [0.15, 0.2) is 23.5 Å². The van der Waals surface area contributed by atoms with Gasteiger partial charge in [0, 0.05) is 31.4 Å². The Bertz CT molecular complexity index is 1110. The molecular weight excluding hydrogens is 512 g/mol. The first-order valence-electron chi connectivity index (χ1n) is 12.4. The molecule has 0 amide bonds. The Hall–Kier alpha value is -2.22. The second-order valence-electron chi connectivity index (χ2n) is 9.69. The minimum Gasteiger partial charge on any atom is -0.394 e. The number of methoxy groups -OCH3 is 1. The molecule has 4 heterocycles. The fraction of sp³-hybridized carbons (Fsp3) is 0.625. The summed E-state index contributed by atoms with van der Waals surface area (Å²) in [6, 6.07) is 1.32. The van der Waals surface area contributed by atoms with Crippen LogP contribution in [0, 0.1) is 17.6 Å². The molecule has 3 N–H and O–H groups in total. The van der Waals surface area contributed by atoms with Crippen LogP contribution < -0.4 is 5.32 Å². The second kappa shape index (κ2) is 11.3. The predicted octanol–water partition coefficient (Wildman–Crippen LogP) is 2.09. The second-order valence-corrected chi connectivity index (χ2v) is 10.1. The molecule has 3 aliphatic heterocycles. The van der Waals surface area contributed by atoms with E-state index in [1.165, 1.54) is 18.0 Å². The lowest BCUT2D eigenvalue weighted by Gasteiger charge is -2.44. The Kier molecular flexibility index (Phi) is 8.03. The molecule has 202 valence electrons. The molecule has 5 rings (SSSR count). The Morgan fingerprint density at radius 1 is 1.22 bits per heavy atom. The van der Waals surface area contributed by atoms with Gasteiger partial charge in [0.25, 0.3) is 0 Å². The van der Waals surface area contributed by atoms with E-state index in [0.29, 0.717) is 18.8 Å². The zero-order chi connectivity index (χ0) is 26.1. The molecule has 0 spiro atoms. The van der Waals surface area contributed by atoms with Crippen molar-refractivity contribution in [3.63, 3.8) is 0 Å². The van der Waals surface area contributed by atoms with Crippen molar-refractivity contribution in [2.75, 3.05) is 26.8 Å². The molecule has 2 fully saturated rings. The molecule has 13 heteroatoms. The lowest BCUT2D eigenvalue weighted by atomic mass is 9.87. The highest BCUT2D eigenvalue weighted by atomic mass is 35.5. The van der Waals surface area contributed by atoms with Gasteiger partial charge in [-0.3, -0.25) is 0 Å². The van der Waals surface area contributed by atoms with E-state index < -0.39 is 53.7 Å². The Labute approximate surface area is 217 Å². The zero-order valence-corrected chi connectivity index (χ0v) is 21.0. The van der Waals surface area contributed by atoms with Crippen LogP contribution in [0.1, 0.15) is 31.7 Å². The van der Waals surface area contributed by atoms with E-state index in [-0.39, 0.29) is 17.4 Å². The number of oxime groups is 1. The minimum atomic E-state index is -1.19. The first kappa shape index (κ1) is 26.4. The van der Waals surface area contributed by atoms with Crippen LogP contribution >= 0.6 is 11.6 Å². The normalized spacial score (nSPS) is 30.8. The molecule has 0 bridgehead atoms. The van der Waals surface area contributed by atoms with Crippen LogP contribution in [-0.2, 0) is 14.3 Å². The van der Waals surface area contributed by atoms with Crippen molar-refractivity contribution in [1.29, 1.82) is 0 Å². The fourth-order valence-electron chi connectivity index (χ4n) is 5.45. The predicted molar refractivity (Wildman–Crippen MR) is 129 cm³/mol. The summed E-state index contributed by atoms with van der Waals surface area (Å²) >= 11 is 5.59. The summed E-state index contributed by atoms with van der Waals surface area (Å²) in [7, 11) is 1.49. The first-order valence-corrected chi connectivity index (χ1v) is 12.7. The molecule has 37 heavy (non-hydrogen) atoms. The summed E-state index contributed by atoms with van der Waals surface area (Å²) in [6.45, 7) is 1.49. The molecule has 10 nitrogen and oxygen atoms in total. The number of nitrogens with zero attached hydrogens (tertiary/aromatic N) is 4. The zero-order valence-electron chi connectivity index (χ0n) is 20.3. The molecule has 2 saturated heterocycles. The average Bonchev–Trinajstić information content (AvgIpc) is 3.58. The van der Waals surface area contributed by atoms with E-state index in [2.05, 4.69) is 20.8 Å². The molecule has 3 aliphatic rings. The number of hydrogen-bond donors (Lipinski definition) is 3. The number of halogens is 3. The summed E-state index contributed by atoms with van der Waals surface area (Å²) < 4.78 is 41.2. The van der Waals surface area contributed by atoms with Crippen LogP contribution in [0.2, 0.25) is 5.02 Å². The third-order valence-corrected chi connectivity index (χ3v) is 7.75. The summed E-state index contributed by atoms with van der Waals surface area (Å²) in [5.41, 5.74) is 1.37. The number of aliphatic hydroxyl groups is 2. The summed E-state index contributed by atoms with van der Waals surface area (Å²) in [6.07, 6.45) is 1.04. The van der Waals surface area contributed by atoms with Crippen LogP contribution in [0.3, 0.4) is 0 Å². The van der Waals surface area contributed by atoms with E-state index in [1.807, 2.05) is 0 Å². The summed E-state index contributed by atoms with van der Waals surface area (Å²) in [5.74, 6) is -1.45. The number of rotatable bonds is 7. The van der Waals surface area contributed by atoms with Crippen LogP contribution in [0.4, 0.5) is 8.78 Å². The van der Waals surface area contributed by atoms with Gasteiger partial charge in [-0.25, -0.2) is 13.5 Å². The molecule has 0 saturated carbocycles. The average molecular weight is 542 g/mol. The van der Waals surface area contributed by atoms with Gasteiger partial charge in [0.05, 0.1) is 24.6 Å². The highest BCUT2D eigenvalue weighted by molar-refractivity contribution is 6.31. The molecule has 6 atom stereocenters. The molecule has 0 radical (unpaired) electrons. The third-order valence-electron chi connectivity index (χ3n) is 7.39. The lowest BCUT2D eigenvalue weighted by molar-refractivity contribution is -0.219. The van der Waals surface area contributed by atoms with Gasteiger partial charge in [0.1, 0.15) is 52.8 Å². The van der Waals surface area contributed by atoms with Crippen LogP contribution in [-0.4, -0.2) is 88.2 Å². The number of nitrogens with one attached hydrogen (secondary N) is 1. The SMILES string of the molecule is CO[C@@H]1[C@@H](n2cc(-c3cc(F)c(Cl)c(F)c3)nn2)[C@@H](O)[C@@H](CO)O[C@@H]1CC1CC(C2CCNCC2)=NO1. The fourth-order valence-corrected chi connectivity index (χ4v) is 5.55. The van der Waals surface area contributed by atoms with Crippen LogP contribution in [0.5, 0.6) is 0 Å². The monoisotopic (exact) mass is 541 g/mol. The number of piperidine rings is 1. The van der Waals surface area contributed by atoms with Crippen molar-refractivity contribution in [2.24, 2.45) is 11.1 Å². The van der Waals surface area contributed by atoms with Gasteiger partial charge in [-0.1, -0.05) is 22.0 Å². The van der Waals surface area contributed by atoms with Crippen molar-refractivity contribution in [1.82, 2.24) is 20.3 Å². The minimum absolute atomic E-state index is 0.137. The largest absolute Gasteiger partial charge is 0.394 e. The maximum Gasteiger partial charge on any atom is 0.145 e. The van der Waals surface area contributed by atoms with Gasteiger partial charge >= 0.3 is 0 Å². The maximum atomic E-state index is 14.0. The van der Waals surface area contributed by atoms with E-state index in [9.17, 15) is 19.0 Å². The van der Waals surface area contributed by atoms with Crippen molar-refractivity contribution in [3.05, 3.63) is 35.0 Å². The smallest absolute Gasteiger partial charge is 0.145 e. The molecule has 0 aliphatic carbocycles. The molecule has 1 aromatic heterocycles. The van der Waals surface area contributed by atoms with Gasteiger partial charge in [-0.05, 0) is 38.1 Å². The van der Waals surface area contributed by atoms with Gasteiger partial charge in [0.15, 0.2) is 0 Å². The number of aliphatic hydroxyl groups excluding tert-OH is 2. The quantitative estimate of drug-likeness (QED) is 0.455. The Morgan fingerprint density at radius 3 is 2.62 bits per heavy atom. The van der Waals surface area contributed by atoms with Gasteiger partial charge < -0.3 is 29.8 Å². The summed E-state index contributed by atoms with van der Waals surface area (Å²) in [4.78, 5) is 5.74. The number of ether oxygens (including phenoxy) is 2. The Balaban J connectivity index is 1.34. The topological polar surface area (TPSA) is 123 Å². The van der Waals surface area contributed by atoms with E-state index in [4.69, 9.17) is 25.9 Å². The third kappa shape index (κ3) is 5.36. The molecule has 2 aromatic rings. The van der Waals surface area contributed by atoms with Crippen molar-refractivity contribution < 1.29 is 33.3 Å². The number of aromatic nitrogens is 3. The van der Waals surface area contributed by atoms with Gasteiger partial charge in [-0.2, -0.15) is 0 Å². The summed E-state index contributed by atoms with van der Waals surface area (Å²) in [5, 5.41) is 36.2. The number of hydrogen-bond acceptors (Lipinski definition) is 9. The van der Waals surface area contributed by atoms with Gasteiger partial charge in [-0.15, -0.1) is 5.10 Å². The van der Waals surface area contributed by atoms with Crippen molar-refractivity contribution >= 4 is 17.3 Å². The van der Waals surface area contributed by atoms with Crippen molar-refractivity contribution in [2.45, 2.75) is 62.2 Å². The molecule has 1 unspecified atom stereocenters. The van der Waals surface area contributed by atoms with Crippen molar-refractivity contribution in [3.8, 4) is 11.3 Å². The Morgan fingerprint density at radius 2 is 1.95 bits per heavy atom. The molecule has 1 aromatic carbocycles. The standard InChI is InChI=1S/C24H30ClF2N5O5/c1-35-24-19(9-14-8-17(30-37-14)12-2-4-28-5-3-12)36-20(11-33)23(34)22(24)32-10-18(29-31-32)13-6-15(26)21(25)16(27)7-13/h6-7,10,12,14,19-20,22-24,28,33-34H,2-5,8-9,11H2,1H3/t14?,19-,20-,22+,23+,24+/m1/s1. The highest BCUT2D eigenvalue weighted by Crippen LogP contribution is 2.36. The molecular formula is C24H30ClF2N5O5. The lowest BCUT2D eigenvalue weighted by Crippen LogP contribution is -2.57. The highest BCUT2D eigenvalue weighted by Gasteiger charge is 2.48. The first-order chi connectivity index (χ1) is 17.9.